The molecule has 1 aliphatic carbocycles. The summed E-state index contributed by atoms with van der Waals surface area (Å²) in [6, 6.07) is 8.03. The molecule has 1 saturated carbocycles. The van der Waals surface area contributed by atoms with E-state index in [2.05, 4.69) is 16.5 Å². The number of carbonyl (C=O) groups is 1. The Kier molecular flexibility index (Phi) is 2.80. The zero-order valence-corrected chi connectivity index (χ0v) is 12.1. The van der Waals surface area contributed by atoms with Crippen molar-refractivity contribution in [3.8, 4) is 0 Å². The lowest BCUT2D eigenvalue weighted by Crippen LogP contribution is -2.50. The molecule has 1 saturated heterocycles. The van der Waals surface area contributed by atoms with Crippen LogP contribution in [0.1, 0.15) is 46.4 Å². The maximum absolute atomic E-state index is 12.4. The number of nitrogens with zero attached hydrogens (tertiary/aromatic N) is 4. The van der Waals surface area contributed by atoms with Gasteiger partial charge in [0.25, 0.3) is 5.91 Å². The minimum atomic E-state index is 0.109. The predicted molar refractivity (Wildman–Crippen MR) is 78.1 cm³/mol. The molecule has 0 atom stereocenters. The average Bonchev–Trinajstić information content (AvgIpc) is 3.17. The van der Waals surface area contributed by atoms with Gasteiger partial charge in [-0.3, -0.25) is 4.79 Å². The molecule has 4 rings (SSSR count). The Morgan fingerprint density at radius 2 is 2.10 bits per heavy atom. The second kappa shape index (κ2) is 4.69. The van der Waals surface area contributed by atoms with Gasteiger partial charge < -0.3 is 4.90 Å². The Morgan fingerprint density at radius 3 is 2.81 bits per heavy atom. The van der Waals surface area contributed by atoms with Gasteiger partial charge >= 0.3 is 0 Å². The number of hydrogen-bond acceptors (Lipinski definition) is 3. The second-order valence-electron chi connectivity index (χ2n) is 6.13. The number of benzene rings is 1. The van der Waals surface area contributed by atoms with Crippen LogP contribution in [-0.2, 0) is 0 Å². The fraction of sp³-hybridized carbons (Fsp3) is 0.438. The largest absolute Gasteiger partial charge is 0.334 e. The van der Waals surface area contributed by atoms with Crippen LogP contribution in [0.2, 0.25) is 0 Å². The molecule has 0 radical (unpaired) electrons. The van der Waals surface area contributed by atoms with Crippen LogP contribution in [0.5, 0.6) is 0 Å². The standard InChI is InChI=1S/C16H18N4O/c1-11-3-2-4-13(7-11)16(21)19-8-14(9-19)20-10-15(17-18-20)12-5-6-12/h2-4,7,10,12,14H,5-6,8-9H2,1H3. The van der Waals surface area contributed by atoms with Crippen LogP contribution in [0.25, 0.3) is 0 Å². The van der Waals surface area contributed by atoms with Crippen LogP contribution >= 0.6 is 0 Å². The van der Waals surface area contributed by atoms with Gasteiger partial charge in [-0.2, -0.15) is 0 Å². The van der Waals surface area contributed by atoms with Crippen LogP contribution in [0.15, 0.2) is 30.5 Å². The van der Waals surface area contributed by atoms with Gasteiger partial charge in [0.15, 0.2) is 0 Å². The third-order valence-electron chi connectivity index (χ3n) is 4.31. The van der Waals surface area contributed by atoms with E-state index in [0.717, 1.165) is 29.9 Å². The van der Waals surface area contributed by atoms with Gasteiger partial charge in [0.1, 0.15) is 0 Å². The summed E-state index contributed by atoms with van der Waals surface area (Å²) in [4.78, 5) is 14.2. The molecule has 2 aliphatic rings. The summed E-state index contributed by atoms with van der Waals surface area (Å²) in [6.45, 7) is 3.45. The van der Waals surface area contributed by atoms with E-state index in [0.29, 0.717) is 5.92 Å². The van der Waals surface area contributed by atoms with Gasteiger partial charge in [-0.05, 0) is 31.9 Å². The molecule has 21 heavy (non-hydrogen) atoms. The molecule has 0 spiro atoms. The average molecular weight is 282 g/mol. The van der Waals surface area contributed by atoms with E-state index < -0.39 is 0 Å². The molecule has 5 nitrogen and oxygen atoms in total. The van der Waals surface area contributed by atoms with Gasteiger partial charge in [-0.15, -0.1) is 5.10 Å². The zero-order valence-electron chi connectivity index (χ0n) is 12.1. The maximum Gasteiger partial charge on any atom is 0.254 e. The van der Waals surface area contributed by atoms with Crippen molar-refractivity contribution in [3.63, 3.8) is 0 Å². The molecule has 0 bridgehead atoms. The van der Waals surface area contributed by atoms with E-state index in [1.54, 1.807) is 0 Å². The van der Waals surface area contributed by atoms with E-state index in [9.17, 15) is 4.79 Å². The Bertz CT molecular complexity index is 683. The Morgan fingerprint density at radius 1 is 1.29 bits per heavy atom. The van der Waals surface area contributed by atoms with E-state index in [1.165, 1.54) is 12.8 Å². The fourth-order valence-corrected chi connectivity index (χ4v) is 2.78. The molecular formula is C16H18N4O. The lowest BCUT2D eigenvalue weighted by atomic mass is 10.1. The van der Waals surface area contributed by atoms with Gasteiger partial charge in [0.2, 0.25) is 0 Å². The Balaban J connectivity index is 1.40. The number of likely N-dealkylation sites (tertiary alicyclic amines) is 1. The SMILES string of the molecule is Cc1cccc(C(=O)N2CC(n3cc(C4CC4)nn3)C2)c1. The highest BCUT2D eigenvalue weighted by Gasteiger charge is 2.34. The van der Waals surface area contributed by atoms with Crippen molar-refractivity contribution < 1.29 is 4.79 Å². The number of aryl methyl sites for hydroxylation is 1. The number of hydrogen-bond donors (Lipinski definition) is 0. The highest BCUT2D eigenvalue weighted by Crippen LogP contribution is 2.39. The van der Waals surface area contributed by atoms with Gasteiger partial charge in [-0.25, -0.2) is 4.68 Å². The van der Waals surface area contributed by atoms with E-state index in [1.807, 2.05) is 40.8 Å². The molecule has 1 aromatic heterocycles. The van der Waals surface area contributed by atoms with E-state index in [-0.39, 0.29) is 11.9 Å². The summed E-state index contributed by atoms with van der Waals surface area (Å²) in [5.41, 5.74) is 2.99. The zero-order chi connectivity index (χ0) is 14.4. The Hall–Kier alpha value is -2.17. The molecular weight excluding hydrogens is 264 g/mol. The van der Waals surface area contributed by atoms with Crippen molar-refractivity contribution in [2.45, 2.75) is 31.7 Å². The van der Waals surface area contributed by atoms with Crippen molar-refractivity contribution in [1.82, 2.24) is 19.9 Å². The minimum absolute atomic E-state index is 0.109. The van der Waals surface area contributed by atoms with Crippen molar-refractivity contribution in [2.75, 3.05) is 13.1 Å². The fourth-order valence-electron chi connectivity index (χ4n) is 2.78. The van der Waals surface area contributed by atoms with Gasteiger partial charge in [-0.1, -0.05) is 22.9 Å². The van der Waals surface area contributed by atoms with Crippen LogP contribution in [0.4, 0.5) is 0 Å². The lowest BCUT2D eigenvalue weighted by molar-refractivity contribution is 0.0498. The molecule has 0 N–H and O–H groups in total. The number of rotatable bonds is 3. The highest BCUT2D eigenvalue weighted by molar-refractivity contribution is 5.94. The summed E-state index contributed by atoms with van der Waals surface area (Å²) in [6.07, 6.45) is 4.53. The first kappa shape index (κ1) is 12.6. The molecule has 2 aromatic rings. The minimum Gasteiger partial charge on any atom is -0.334 e. The number of amides is 1. The number of aromatic nitrogens is 3. The van der Waals surface area contributed by atoms with Gasteiger partial charge in [0.05, 0.1) is 11.7 Å². The van der Waals surface area contributed by atoms with E-state index in [4.69, 9.17) is 0 Å². The molecule has 0 unspecified atom stereocenters. The molecule has 108 valence electrons. The van der Waals surface area contributed by atoms with Gasteiger partial charge in [0, 0.05) is 30.8 Å². The summed E-state index contributed by atoms with van der Waals surface area (Å²) >= 11 is 0. The first-order valence-electron chi connectivity index (χ1n) is 7.48. The van der Waals surface area contributed by atoms with Crippen molar-refractivity contribution in [2.24, 2.45) is 0 Å². The molecule has 2 heterocycles. The molecule has 1 aromatic carbocycles. The summed E-state index contributed by atoms with van der Waals surface area (Å²) in [5.74, 6) is 0.737. The van der Waals surface area contributed by atoms with E-state index >= 15 is 0 Å². The monoisotopic (exact) mass is 282 g/mol. The normalized spacial score (nSPS) is 18.6. The van der Waals surface area contributed by atoms with Crippen LogP contribution < -0.4 is 0 Å². The first-order chi connectivity index (χ1) is 10.2. The third kappa shape index (κ3) is 2.33. The summed E-state index contributed by atoms with van der Waals surface area (Å²) in [7, 11) is 0. The Labute approximate surface area is 123 Å². The first-order valence-corrected chi connectivity index (χ1v) is 7.48. The molecule has 1 amide bonds. The lowest BCUT2D eigenvalue weighted by Gasteiger charge is -2.38. The smallest absolute Gasteiger partial charge is 0.254 e. The molecule has 5 heteroatoms. The second-order valence-corrected chi connectivity index (χ2v) is 6.13. The third-order valence-corrected chi connectivity index (χ3v) is 4.31. The van der Waals surface area contributed by atoms with Crippen LogP contribution in [0.3, 0.4) is 0 Å². The predicted octanol–water partition coefficient (Wildman–Crippen LogP) is 2.16. The van der Waals surface area contributed by atoms with Crippen molar-refractivity contribution >= 4 is 5.91 Å². The molecule has 2 fully saturated rings. The van der Waals surface area contributed by atoms with Crippen LogP contribution in [0, 0.1) is 6.92 Å². The summed E-state index contributed by atoms with van der Waals surface area (Å²) < 4.78 is 1.92. The summed E-state index contributed by atoms with van der Waals surface area (Å²) in [5, 5.41) is 8.44. The topological polar surface area (TPSA) is 51.0 Å². The molecule has 1 aliphatic heterocycles. The van der Waals surface area contributed by atoms with Crippen LogP contribution in [-0.4, -0.2) is 38.9 Å². The van der Waals surface area contributed by atoms with Crippen molar-refractivity contribution in [3.05, 3.63) is 47.3 Å². The quantitative estimate of drug-likeness (QED) is 0.867. The highest BCUT2D eigenvalue weighted by atomic mass is 16.2. The maximum atomic E-state index is 12.4. The number of carbonyl (C=O) groups excluding carboxylic acids is 1. The van der Waals surface area contributed by atoms with Crippen molar-refractivity contribution in [1.29, 1.82) is 0 Å².